The zero-order chi connectivity index (χ0) is 48.1. The van der Waals surface area contributed by atoms with Crippen LogP contribution in [-0.4, -0.2) is 65.5 Å². The molecule has 4 aromatic rings. The van der Waals surface area contributed by atoms with E-state index in [1.54, 1.807) is 12.1 Å². The molecule has 356 valence electrons. The summed E-state index contributed by atoms with van der Waals surface area (Å²) < 4.78 is 66.6. The van der Waals surface area contributed by atoms with Crippen molar-refractivity contribution in [2.45, 2.75) is 112 Å². The van der Waals surface area contributed by atoms with Crippen LogP contribution in [0.1, 0.15) is 92.9 Å². The van der Waals surface area contributed by atoms with Gasteiger partial charge in [0.25, 0.3) is 0 Å². The van der Waals surface area contributed by atoms with Gasteiger partial charge in [-0.25, -0.2) is 16.8 Å². The highest BCUT2D eigenvalue weighted by Crippen LogP contribution is 2.49. The average molecular weight is 975 g/mol. The van der Waals surface area contributed by atoms with E-state index in [0.717, 1.165) is 72.5 Å². The molecule has 0 spiro atoms. The first-order valence-corrected chi connectivity index (χ1v) is 28.5. The van der Waals surface area contributed by atoms with Gasteiger partial charge in [0.15, 0.2) is 31.2 Å². The van der Waals surface area contributed by atoms with Crippen molar-refractivity contribution in [3.63, 3.8) is 0 Å². The molecule has 14 heteroatoms. The normalized spacial score (nSPS) is 19.8. The molecule has 2 aliphatic heterocycles. The molecule has 2 aliphatic rings. The van der Waals surface area contributed by atoms with E-state index < -0.39 is 19.7 Å². The molecule has 2 unspecified atom stereocenters. The third-order valence-corrected chi connectivity index (χ3v) is 18.0. The number of fused-ring (bicyclic) bond motifs is 2. The number of para-hydroxylation sites is 2. The summed E-state index contributed by atoms with van der Waals surface area (Å²) in [5.41, 5.74) is 2.61. The van der Waals surface area contributed by atoms with Gasteiger partial charge < -0.3 is 19.3 Å². The first-order chi connectivity index (χ1) is 31.5. The molecule has 4 aromatic carbocycles. The second kappa shape index (κ2) is 23.5. The van der Waals surface area contributed by atoms with Crippen molar-refractivity contribution in [3.05, 3.63) is 110 Å². The van der Waals surface area contributed by atoms with Crippen molar-refractivity contribution < 1.29 is 35.9 Å². The molecule has 66 heavy (non-hydrogen) atoms. The van der Waals surface area contributed by atoms with Crippen molar-refractivity contribution in [2.75, 3.05) is 46.9 Å². The maximum atomic E-state index is 13.8. The van der Waals surface area contributed by atoms with Crippen LogP contribution in [0.4, 0.5) is 22.7 Å². The third kappa shape index (κ3) is 12.9. The van der Waals surface area contributed by atoms with Gasteiger partial charge >= 0.3 is 0 Å². The number of sulfone groups is 2. The highest BCUT2D eigenvalue weighted by atomic mass is 32.2. The molecule has 0 amide bonds. The monoisotopic (exact) mass is 974 g/mol. The Morgan fingerprint density at radius 3 is 1.27 bits per heavy atom. The molecule has 0 fully saturated rings. The minimum absolute atomic E-state index is 0.105. The summed E-state index contributed by atoms with van der Waals surface area (Å²) in [4.78, 5) is 29.1. The van der Waals surface area contributed by atoms with Crippen LogP contribution in [0.3, 0.4) is 0 Å². The van der Waals surface area contributed by atoms with Crippen LogP contribution in [0.15, 0.2) is 129 Å². The molecule has 6 rings (SSSR count). The van der Waals surface area contributed by atoms with Crippen LogP contribution in [-0.2, 0) is 29.3 Å². The largest absolute Gasteiger partial charge is 0.464 e. The Hall–Kier alpha value is -4.50. The smallest absolute Gasteiger partial charge is 0.181 e. The number of hydrogen-bond donors (Lipinski definition) is 0. The van der Waals surface area contributed by atoms with Crippen LogP contribution in [0, 0.1) is 10.8 Å². The van der Waals surface area contributed by atoms with Gasteiger partial charge in [-0.1, -0.05) is 89.8 Å². The molecule has 0 saturated carbocycles. The first kappa shape index (κ1) is 52.5. The van der Waals surface area contributed by atoms with Crippen molar-refractivity contribution in [2.24, 2.45) is 10.8 Å². The number of ether oxygens (including phenoxy) is 2. The number of ketones is 2. The molecule has 0 N–H and O–H groups in total. The van der Waals surface area contributed by atoms with E-state index in [-0.39, 0.29) is 43.7 Å². The lowest BCUT2D eigenvalue weighted by molar-refractivity contribution is -0.113. The molecule has 10 nitrogen and oxygen atoms in total. The molecular formula is C52H66N2O8S4. The number of unbranched alkanes of at least 4 members (excludes halogenated alkanes) is 2. The zero-order valence-corrected chi connectivity index (χ0v) is 42.9. The number of carbonyl (C=O) groups excluding carboxylic acids is 2. The maximum Gasteiger partial charge on any atom is 0.181 e. The van der Waals surface area contributed by atoms with Gasteiger partial charge in [0.2, 0.25) is 0 Å². The lowest BCUT2D eigenvalue weighted by Crippen LogP contribution is -2.37. The summed E-state index contributed by atoms with van der Waals surface area (Å²) in [6.07, 6.45) is 16.5. The van der Waals surface area contributed by atoms with E-state index in [1.807, 2.05) is 85.3 Å². The molecular weight excluding hydrogens is 909 g/mol. The Kier molecular flexibility index (Phi) is 18.7. The molecule has 2 heterocycles. The Morgan fingerprint density at radius 1 is 0.606 bits per heavy atom. The van der Waals surface area contributed by atoms with E-state index in [0.29, 0.717) is 36.0 Å². The standard InChI is InChI=1S/2C26H33NO4S2/c2*1-5-7-14-26(6-2)18-27(21-11-9-8-10-12-21)22-16-24(32-4)23(31-15-13-20(3)28)17-25(22)33(29,30)19-26/h2*8-13,15-17H,5-7,14,18-19H2,1-4H3/b15-13+;15-13-. The van der Waals surface area contributed by atoms with Gasteiger partial charge in [0, 0.05) is 59.6 Å². The number of rotatable bonds is 18. The fraction of sp³-hybridized carbons (Fsp3) is 0.423. The van der Waals surface area contributed by atoms with Gasteiger partial charge in [-0.15, -0.1) is 23.5 Å². The van der Waals surface area contributed by atoms with Crippen molar-refractivity contribution in [3.8, 4) is 11.5 Å². The summed E-state index contributed by atoms with van der Waals surface area (Å²) in [6.45, 7) is 12.6. The van der Waals surface area contributed by atoms with Crippen LogP contribution in [0.25, 0.3) is 0 Å². The average Bonchev–Trinajstić information content (AvgIpc) is 3.47. The lowest BCUT2D eigenvalue weighted by atomic mass is 9.81. The number of thioether (sulfide) groups is 2. The van der Waals surface area contributed by atoms with Gasteiger partial charge in [-0.2, -0.15) is 0 Å². The molecule has 0 radical (unpaired) electrons. The Labute approximate surface area is 402 Å². The van der Waals surface area contributed by atoms with Crippen LogP contribution in [0.5, 0.6) is 11.5 Å². The van der Waals surface area contributed by atoms with Crippen LogP contribution >= 0.6 is 23.5 Å². The molecule has 0 bridgehead atoms. The predicted octanol–water partition coefficient (Wildman–Crippen LogP) is 12.8. The number of hydrogen-bond acceptors (Lipinski definition) is 12. The number of carbonyl (C=O) groups is 2. The number of allylic oxidation sites excluding steroid dienone is 2. The SMILES string of the molecule is CCCCC1(CC)CN(c2ccccc2)c2cc(SC)c(O/C=C/C(C)=O)cc2S(=O)(=O)C1.CCCCC1(CC)CN(c2ccccc2)c2cc(SC)c(O/C=C\C(C)=O)cc2S(=O)(=O)C1. The quantitative estimate of drug-likeness (QED) is 0.0535. The maximum absolute atomic E-state index is 13.8. The van der Waals surface area contributed by atoms with Gasteiger partial charge in [0.05, 0.1) is 55.0 Å². The Bertz CT molecular complexity index is 2400. The van der Waals surface area contributed by atoms with E-state index in [4.69, 9.17) is 9.47 Å². The highest BCUT2D eigenvalue weighted by Gasteiger charge is 2.43. The van der Waals surface area contributed by atoms with Gasteiger partial charge in [0.1, 0.15) is 11.5 Å². The van der Waals surface area contributed by atoms with E-state index in [9.17, 15) is 26.4 Å². The van der Waals surface area contributed by atoms with E-state index >= 15 is 0 Å². The van der Waals surface area contributed by atoms with Crippen LogP contribution in [0.2, 0.25) is 0 Å². The van der Waals surface area contributed by atoms with Gasteiger partial charge in [-0.3, -0.25) is 9.59 Å². The van der Waals surface area contributed by atoms with Crippen molar-refractivity contribution in [1.29, 1.82) is 0 Å². The number of nitrogens with zero attached hydrogens (tertiary/aromatic N) is 2. The molecule has 0 aromatic heterocycles. The minimum atomic E-state index is -3.58. The molecule has 0 saturated heterocycles. The fourth-order valence-electron chi connectivity index (χ4n) is 8.65. The Morgan fingerprint density at radius 2 is 0.970 bits per heavy atom. The van der Waals surface area contributed by atoms with Crippen LogP contribution < -0.4 is 19.3 Å². The summed E-state index contributed by atoms with van der Waals surface area (Å²) in [7, 11) is -7.16. The summed E-state index contributed by atoms with van der Waals surface area (Å²) >= 11 is 2.97. The van der Waals surface area contributed by atoms with Gasteiger partial charge in [-0.05, 0) is 88.4 Å². The first-order valence-electron chi connectivity index (χ1n) is 22.7. The summed E-state index contributed by atoms with van der Waals surface area (Å²) in [5.74, 6) is 0.812. The van der Waals surface area contributed by atoms with E-state index in [2.05, 4.69) is 37.5 Å². The Balaban J connectivity index is 0.000000247. The third-order valence-electron chi connectivity index (χ3n) is 12.5. The zero-order valence-electron chi connectivity index (χ0n) is 39.7. The summed E-state index contributed by atoms with van der Waals surface area (Å²) in [6, 6.07) is 27.0. The lowest BCUT2D eigenvalue weighted by Gasteiger charge is -2.36. The van der Waals surface area contributed by atoms with E-state index in [1.165, 1.54) is 62.0 Å². The fourth-order valence-corrected chi connectivity index (χ4v) is 14.1. The highest BCUT2D eigenvalue weighted by molar-refractivity contribution is 7.99. The van der Waals surface area contributed by atoms with Crippen molar-refractivity contribution >= 4 is 77.5 Å². The summed E-state index contributed by atoms with van der Waals surface area (Å²) in [5, 5.41) is 0. The number of benzene rings is 4. The minimum Gasteiger partial charge on any atom is -0.464 e. The topological polar surface area (TPSA) is 127 Å². The second-order valence-electron chi connectivity index (χ2n) is 17.3. The molecule has 2 atom stereocenters. The van der Waals surface area contributed by atoms with Crippen molar-refractivity contribution in [1.82, 2.24) is 0 Å². The number of anilines is 4. The predicted molar refractivity (Wildman–Crippen MR) is 273 cm³/mol. The molecule has 0 aliphatic carbocycles. The second-order valence-corrected chi connectivity index (χ2v) is 22.9.